The van der Waals surface area contributed by atoms with E-state index in [0.717, 1.165) is 31.6 Å². The van der Waals surface area contributed by atoms with Crippen LogP contribution in [-0.4, -0.2) is 32.5 Å². The van der Waals surface area contributed by atoms with E-state index in [1.165, 1.54) is 6.07 Å². The van der Waals surface area contributed by atoms with E-state index in [9.17, 15) is 18.5 Å². The maximum absolute atomic E-state index is 12.4. The van der Waals surface area contributed by atoms with E-state index >= 15 is 0 Å². The summed E-state index contributed by atoms with van der Waals surface area (Å²) < 4.78 is 27.3. The molecule has 1 aliphatic rings. The van der Waals surface area contributed by atoms with Gasteiger partial charge in [0.15, 0.2) is 4.90 Å². The van der Waals surface area contributed by atoms with Gasteiger partial charge >= 0.3 is 0 Å². The molecule has 1 saturated heterocycles. The van der Waals surface area contributed by atoms with Crippen LogP contribution in [0.2, 0.25) is 5.02 Å². The minimum atomic E-state index is -3.95. The lowest BCUT2D eigenvalue weighted by atomic mass is 10.1. The zero-order chi connectivity index (χ0) is 15.5. The molecule has 1 unspecified atom stereocenters. The molecule has 0 radical (unpaired) electrons. The van der Waals surface area contributed by atoms with Crippen molar-refractivity contribution in [2.24, 2.45) is 0 Å². The van der Waals surface area contributed by atoms with Gasteiger partial charge in [-0.1, -0.05) is 11.6 Å². The van der Waals surface area contributed by atoms with Crippen molar-refractivity contribution in [3.8, 4) is 0 Å². The fourth-order valence-electron chi connectivity index (χ4n) is 2.28. The molecule has 0 aromatic heterocycles. The van der Waals surface area contributed by atoms with E-state index in [4.69, 9.17) is 11.6 Å². The third-order valence-corrected chi connectivity index (χ3v) is 5.11. The molecule has 0 aliphatic carbocycles. The molecule has 21 heavy (non-hydrogen) atoms. The summed E-state index contributed by atoms with van der Waals surface area (Å²) in [6, 6.07) is 3.32. The summed E-state index contributed by atoms with van der Waals surface area (Å²) in [5.41, 5.74) is -0.512. The van der Waals surface area contributed by atoms with Gasteiger partial charge in [-0.15, -0.1) is 0 Å². The maximum atomic E-state index is 12.4. The average Bonchev–Trinajstić information content (AvgIpc) is 2.66. The summed E-state index contributed by atoms with van der Waals surface area (Å²) in [5.74, 6) is 0. The predicted molar refractivity (Wildman–Crippen MR) is 78.9 cm³/mol. The van der Waals surface area contributed by atoms with Gasteiger partial charge in [0.1, 0.15) is 0 Å². The first kappa shape index (κ1) is 16.2. The van der Waals surface area contributed by atoms with Crippen molar-refractivity contribution < 1.29 is 13.3 Å². The van der Waals surface area contributed by atoms with Crippen LogP contribution in [0.5, 0.6) is 0 Å². The lowest BCUT2D eigenvalue weighted by Gasteiger charge is -2.16. The largest absolute Gasteiger partial charge is 0.317 e. The number of rotatable bonds is 4. The van der Waals surface area contributed by atoms with Crippen molar-refractivity contribution >= 4 is 27.3 Å². The third-order valence-electron chi connectivity index (χ3n) is 3.30. The first-order valence-corrected chi connectivity index (χ1v) is 8.43. The Balaban J connectivity index is 2.28. The SMILES string of the molecule is O=[N+]([O-])c1cc(Cl)ccc1S(=O)(=O)NC1CCCNCC1. The van der Waals surface area contributed by atoms with Crippen LogP contribution in [-0.2, 0) is 10.0 Å². The molecule has 1 aliphatic heterocycles. The molecule has 0 saturated carbocycles. The number of nitrogens with zero attached hydrogens (tertiary/aromatic N) is 1. The van der Waals surface area contributed by atoms with Gasteiger partial charge in [-0.05, 0) is 44.5 Å². The van der Waals surface area contributed by atoms with E-state index < -0.39 is 20.6 Å². The molecule has 1 aromatic carbocycles. The van der Waals surface area contributed by atoms with Gasteiger partial charge < -0.3 is 5.32 Å². The molecule has 0 spiro atoms. The number of benzene rings is 1. The summed E-state index contributed by atoms with van der Waals surface area (Å²) in [6.45, 7) is 1.56. The molecular formula is C12H16ClN3O4S. The second-order valence-electron chi connectivity index (χ2n) is 4.87. The third kappa shape index (κ3) is 4.13. The van der Waals surface area contributed by atoms with E-state index in [-0.39, 0.29) is 16.0 Å². The van der Waals surface area contributed by atoms with E-state index in [2.05, 4.69) is 10.0 Å². The fraction of sp³-hybridized carbons (Fsp3) is 0.500. The Hall–Kier alpha value is -1.22. The topological polar surface area (TPSA) is 101 Å². The molecule has 0 amide bonds. The quantitative estimate of drug-likeness (QED) is 0.644. The van der Waals surface area contributed by atoms with Crippen molar-refractivity contribution in [1.29, 1.82) is 0 Å². The number of nitro benzene ring substituents is 1. The monoisotopic (exact) mass is 333 g/mol. The Morgan fingerprint density at radius 1 is 1.33 bits per heavy atom. The van der Waals surface area contributed by atoms with Gasteiger partial charge in [0, 0.05) is 17.1 Å². The molecule has 116 valence electrons. The highest BCUT2D eigenvalue weighted by Gasteiger charge is 2.28. The van der Waals surface area contributed by atoms with E-state index in [0.29, 0.717) is 12.8 Å². The summed E-state index contributed by atoms with van der Waals surface area (Å²) >= 11 is 5.70. The van der Waals surface area contributed by atoms with Gasteiger partial charge in [-0.25, -0.2) is 13.1 Å². The minimum absolute atomic E-state index is 0.124. The van der Waals surface area contributed by atoms with Gasteiger partial charge in [-0.2, -0.15) is 0 Å². The highest BCUT2D eigenvalue weighted by Crippen LogP contribution is 2.27. The molecule has 1 atom stereocenters. The Kier molecular flexibility index (Phi) is 5.15. The molecule has 0 bridgehead atoms. The number of halogens is 1. The van der Waals surface area contributed by atoms with Crippen LogP contribution in [0.1, 0.15) is 19.3 Å². The Labute approximate surface area is 127 Å². The minimum Gasteiger partial charge on any atom is -0.317 e. The van der Waals surface area contributed by atoms with Crippen LogP contribution in [0.3, 0.4) is 0 Å². The molecule has 1 aromatic rings. The van der Waals surface area contributed by atoms with Crippen LogP contribution in [0.15, 0.2) is 23.1 Å². The lowest BCUT2D eigenvalue weighted by Crippen LogP contribution is -2.35. The number of hydrogen-bond acceptors (Lipinski definition) is 5. The van der Waals surface area contributed by atoms with E-state index in [1.807, 2.05) is 0 Å². The van der Waals surface area contributed by atoms with Crippen LogP contribution in [0, 0.1) is 10.1 Å². The lowest BCUT2D eigenvalue weighted by molar-refractivity contribution is -0.387. The summed E-state index contributed by atoms with van der Waals surface area (Å²) in [5, 5.41) is 14.3. The highest BCUT2D eigenvalue weighted by atomic mass is 35.5. The van der Waals surface area contributed by atoms with Crippen molar-refractivity contribution in [2.75, 3.05) is 13.1 Å². The average molecular weight is 334 g/mol. The number of sulfonamides is 1. The van der Waals surface area contributed by atoms with Gasteiger partial charge in [0.05, 0.1) is 4.92 Å². The molecular weight excluding hydrogens is 318 g/mol. The van der Waals surface area contributed by atoms with Gasteiger partial charge in [0.2, 0.25) is 10.0 Å². The second kappa shape index (κ2) is 6.69. The number of hydrogen-bond donors (Lipinski definition) is 2. The van der Waals surface area contributed by atoms with Crippen molar-refractivity contribution in [3.63, 3.8) is 0 Å². The highest BCUT2D eigenvalue weighted by molar-refractivity contribution is 7.89. The molecule has 1 fully saturated rings. The van der Waals surface area contributed by atoms with Gasteiger partial charge in [0.25, 0.3) is 5.69 Å². The van der Waals surface area contributed by atoms with Crippen molar-refractivity contribution in [1.82, 2.24) is 10.0 Å². The fourth-order valence-corrected chi connectivity index (χ4v) is 3.90. The van der Waals surface area contributed by atoms with Crippen LogP contribution in [0.4, 0.5) is 5.69 Å². The second-order valence-corrected chi connectivity index (χ2v) is 6.99. The summed E-state index contributed by atoms with van der Waals surface area (Å²) in [4.78, 5) is 9.92. The zero-order valence-corrected chi connectivity index (χ0v) is 12.8. The van der Waals surface area contributed by atoms with Crippen LogP contribution < -0.4 is 10.0 Å². The molecule has 2 N–H and O–H groups in total. The smallest absolute Gasteiger partial charge is 0.290 e. The predicted octanol–water partition coefficient (Wildman–Crippen LogP) is 1.67. The maximum Gasteiger partial charge on any atom is 0.290 e. The molecule has 9 heteroatoms. The van der Waals surface area contributed by atoms with Crippen LogP contribution in [0.25, 0.3) is 0 Å². The Morgan fingerprint density at radius 3 is 2.81 bits per heavy atom. The normalized spacial score (nSPS) is 20.0. The summed E-state index contributed by atoms with van der Waals surface area (Å²) in [6.07, 6.45) is 2.21. The Morgan fingerprint density at radius 2 is 2.10 bits per heavy atom. The number of nitrogens with one attached hydrogen (secondary N) is 2. The number of nitro groups is 1. The summed E-state index contributed by atoms with van der Waals surface area (Å²) in [7, 11) is -3.95. The van der Waals surface area contributed by atoms with Gasteiger partial charge in [-0.3, -0.25) is 10.1 Å². The standard InChI is InChI=1S/C12H16ClN3O4S/c13-9-3-4-12(11(8-9)16(17)18)21(19,20)15-10-2-1-6-14-7-5-10/h3-4,8,10,14-15H,1-2,5-7H2. The first-order chi connectivity index (χ1) is 9.90. The van der Waals surface area contributed by atoms with Crippen LogP contribution >= 0.6 is 11.6 Å². The zero-order valence-electron chi connectivity index (χ0n) is 11.2. The molecule has 7 nitrogen and oxygen atoms in total. The van der Waals surface area contributed by atoms with Crippen molar-refractivity contribution in [2.45, 2.75) is 30.2 Å². The Bertz CT molecular complexity index is 627. The van der Waals surface area contributed by atoms with Crippen molar-refractivity contribution in [3.05, 3.63) is 33.3 Å². The van der Waals surface area contributed by atoms with E-state index in [1.54, 1.807) is 0 Å². The molecule has 2 rings (SSSR count). The first-order valence-electron chi connectivity index (χ1n) is 6.57. The molecule has 1 heterocycles.